The second-order valence-corrected chi connectivity index (χ2v) is 11.4. The summed E-state index contributed by atoms with van der Waals surface area (Å²) >= 11 is 1.25. The summed E-state index contributed by atoms with van der Waals surface area (Å²) in [7, 11) is 0. The van der Waals surface area contributed by atoms with Crippen molar-refractivity contribution < 1.29 is 28.9 Å². The molecular formula is C34H32N2O7S. The molecule has 1 aliphatic heterocycles. The van der Waals surface area contributed by atoms with Crippen LogP contribution in [0.4, 0.5) is 0 Å². The van der Waals surface area contributed by atoms with Crippen LogP contribution < -0.4 is 24.4 Å². The molecule has 2 heterocycles. The maximum atomic E-state index is 14.0. The minimum atomic E-state index is -0.976. The summed E-state index contributed by atoms with van der Waals surface area (Å²) in [6.45, 7) is 7.80. The first-order valence-corrected chi connectivity index (χ1v) is 15.0. The van der Waals surface area contributed by atoms with E-state index in [2.05, 4.69) is 4.99 Å². The lowest BCUT2D eigenvalue weighted by Crippen LogP contribution is -2.40. The number of benzene rings is 3. The number of rotatable bonds is 10. The minimum Gasteiger partial charge on any atom is -0.491 e. The molecule has 0 fully saturated rings. The van der Waals surface area contributed by atoms with E-state index in [4.69, 9.17) is 19.3 Å². The molecule has 0 unspecified atom stereocenters. The van der Waals surface area contributed by atoms with Crippen molar-refractivity contribution in [2.75, 3.05) is 6.61 Å². The lowest BCUT2D eigenvalue weighted by Gasteiger charge is -2.26. The normalized spacial score (nSPS) is 14.7. The van der Waals surface area contributed by atoms with Crippen LogP contribution in [0.2, 0.25) is 0 Å². The van der Waals surface area contributed by atoms with Gasteiger partial charge in [-0.1, -0.05) is 53.8 Å². The van der Waals surface area contributed by atoms with E-state index in [-0.39, 0.29) is 30.4 Å². The predicted molar refractivity (Wildman–Crippen MR) is 167 cm³/mol. The third kappa shape index (κ3) is 6.50. The van der Waals surface area contributed by atoms with Gasteiger partial charge in [-0.15, -0.1) is 0 Å². The number of thiazole rings is 1. The summed E-state index contributed by atoms with van der Waals surface area (Å²) in [4.78, 5) is 43.4. The monoisotopic (exact) mass is 612 g/mol. The van der Waals surface area contributed by atoms with E-state index in [0.29, 0.717) is 37.7 Å². The number of nitrogens with zero attached hydrogens (tertiary/aromatic N) is 2. The fraction of sp³-hybridized carbons (Fsp3) is 0.235. The summed E-state index contributed by atoms with van der Waals surface area (Å²) in [5, 5.41) is 9.06. The number of carboxylic acid groups (broad SMARTS) is 1. The summed E-state index contributed by atoms with van der Waals surface area (Å²) in [5.74, 6) is -0.300. The van der Waals surface area contributed by atoms with E-state index in [0.717, 1.165) is 11.1 Å². The predicted octanol–water partition coefficient (Wildman–Crippen LogP) is 4.86. The van der Waals surface area contributed by atoms with Crippen molar-refractivity contribution in [3.63, 3.8) is 0 Å². The highest BCUT2D eigenvalue weighted by atomic mass is 32.1. The van der Waals surface area contributed by atoms with Crippen molar-refractivity contribution in [1.82, 2.24) is 4.57 Å². The molecule has 44 heavy (non-hydrogen) atoms. The fourth-order valence-corrected chi connectivity index (χ4v) is 5.92. The number of fused-ring (bicyclic) bond motifs is 1. The van der Waals surface area contributed by atoms with E-state index >= 15 is 0 Å². The molecular weight excluding hydrogens is 580 g/mol. The van der Waals surface area contributed by atoms with Crippen LogP contribution in [0.15, 0.2) is 93.9 Å². The topological polar surface area (TPSA) is 116 Å². The van der Waals surface area contributed by atoms with Crippen LogP contribution in [0, 0.1) is 0 Å². The number of hydrogen-bond donors (Lipinski definition) is 1. The van der Waals surface area contributed by atoms with Crippen molar-refractivity contribution in [2.24, 2.45) is 4.99 Å². The molecule has 0 spiro atoms. The average molecular weight is 613 g/mol. The molecule has 1 aliphatic rings. The van der Waals surface area contributed by atoms with Crippen molar-refractivity contribution in [3.8, 4) is 11.5 Å². The smallest absolute Gasteiger partial charge is 0.338 e. The Morgan fingerprint density at radius 2 is 1.75 bits per heavy atom. The SMILES string of the molecule is CCOC(=O)C1=C(C)N=c2s/c(=C/c3ccc(OCc4ccc(C(=O)O)cc4)cc3)c(=O)n2[C@H]1c1ccccc1OC(C)C. The van der Waals surface area contributed by atoms with Gasteiger partial charge in [0.15, 0.2) is 4.80 Å². The first-order chi connectivity index (χ1) is 21.2. The first-order valence-electron chi connectivity index (χ1n) is 14.2. The molecule has 10 heteroatoms. The second-order valence-electron chi connectivity index (χ2n) is 10.4. The Labute approximate surface area is 258 Å². The van der Waals surface area contributed by atoms with Crippen molar-refractivity contribution in [2.45, 2.75) is 46.4 Å². The number of allylic oxidation sites excluding steroid dienone is 1. The van der Waals surface area contributed by atoms with Crippen LogP contribution in [0.25, 0.3) is 6.08 Å². The minimum absolute atomic E-state index is 0.118. The van der Waals surface area contributed by atoms with Gasteiger partial charge in [-0.25, -0.2) is 14.6 Å². The number of aromatic carboxylic acids is 1. The first kappa shape index (κ1) is 30.5. The molecule has 5 rings (SSSR count). The molecule has 226 valence electrons. The molecule has 9 nitrogen and oxygen atoms in total. The zero-order chi connectivity index (χ0) is 31.4. The number of esters is 1. The lowest BCUT2D eigenvalue weighted by atomic mass is 9.95. The Kier molecular flexibility index (Phi) is 9.10. The molecule has 4 aromatic rings. The Hall–Kier alpha value is -4.96. The number of ether oxygens (including phenoxy) is 3. The van der Waals surface area contributed by atoms with E-state index in [9.17, 15) is 14.4 Å². The van der Waals surface area contributed by atoms with Crippen LogP contribution >= 0.6 is 11.3 Å². The molecule has 3 aromatic carbocycles. The fourth-order valence-electron chi connectivity index (χ4n) is 4.88. The third-order valence-electron chi connectivity index (χ3n) is 6.88. The van der Waals surface area contributed by atoms with Gasteiger partial charge in [-0.3, -0.25) is 9.36 Å². The van der Waals surface area contributed by atoms with Gasteiger partial charge >= 0.3 is 11.9 Å². The Balaban J connectivity index is 1.48. The molecule has 1 N–H and O–H groups in total. The number of hydrogen-bond acceptors (Lipinski definition) is 8. The molecule has 0 bridgehead atoms. The lowest BCUT2D eigenvalue weighted by molar-refractivity contribution is -0.139. The van der Waals surface area contributed by atoms with Gasteiger partial charge < -0.3 is 19.3 Å². The van der Waals surface area contributed by atoms with Crippen molar-refractivity contribution in [3.05, 3.63) is 126 Å². The van der Waals surface area contributed by atoms with E-state index in [1.165, 1.54) is 23.5 Å². The van der Waals surface area contributed by atoms with Gasteiger partial charge in [-0.2, -0.15) is 0 Å². The van der Waals surface area contributed by atoms with Gasteiger partial charge in [-0.05, 0) is 75.2 Å². The standard InChI is InChI=1S/C34H32N2O7S/c1-5-41-33(40)29-21(4)35-34-36(30(29)26-8-6-7-9-27(26)43-20(2)3)31(37)28(44-34)18-22-12-16-25(17-13-22)42-19-23-10-14-24(15-11-23)32(38)39/h6-18,20,30H,5,19H2,1-4H3,(H,38,39)/b28-18+/t30-/m0/s1. The van der Waals surface area contributed by atoms with E-state index in [1.54, 1.807) is 48.8 Å². The summed E-state index contributed by atoms with van der Waals surface area (Å²) < 4.78 is 19.4. The molecule has 1 atom stereocenters. The van der Waals surface area contributed by atoms with Crippen molar-refractivity contribution >= 4 is 29.4 Å². The zero-order valence-corrected chi connectivity index (χ0v) is 25.6. The highest BCUT2D eigenvalue weighted by Gasteiger charge is 2.35. The Morgan fingerprint density at radius 3 is 2.41 bits per heavy atom. The quantitative estimate of drug-likeness (QED) is 0.254. The molecule has 0 radical (unpaired) electrons. The number of carbonyl (C=O) groups is 2. The molecule has 0 saturated heterocycles. The van der Waals surface area contributed by atoms with E-state index in [1.807, 2.05) is 50.2 Å². The number of carboxylic acids is 1. The third-order valence-corrected chi connectivity index (χ3v) is 7.86. The van der Waals surface area contributed by atoms with Crippen LogP contribution in [0.5, 0.6) is 11.5 Å². The molecule has 1 aromatic heterocycles. The van der Waals surface area contributed by atoms with Crippen LogP contribution in [0.1, 0.15) is 60.8 Å². The van der Waals surface area contributed by atoms with Crippen LogP contribution in [-0.2, 0) is 16.1 Å². The number of para-hydroxylation sites is 1. The van der Waals surface area contributed by atoms with Crippen LogP contribution in [0.3, 0.4) is 0 Å². The molecule has 0 aliphatic carbocycles. The van der Waals surface area contributed by atoms with Crippen LogP contribution in [-0.4, -0.2) is 34.3 Å². The summed E-state index contributed by atoms with van der Waals surface area (Å²) in [5.41, 5.74) is 3.02. The molecule has 0 saturated carbocycles. The zero-order valence-electron chi connectivity index (χ0n) is 24.8. The maximum Gasteiger partial charge on any atom is 0.338 e. The second kappa shape index (κ2) is 13.1. The highest BCUT2D eigenvalue weighted by Crippen LogP contribution is 2.36. The highest BCUT2D eigenvalue weighted by molar-refractivity contribution is 7.07. The van der Waals surface area contributed by atoms with Gasteiger partial charge in [0.25, 0.3) is 5.56 Å². The van der Waals surface area contributed by atoms with Gasteiger partial charge in [0.2, 0.25) is 0 Å². The van der Waals surface area contributed by atoms with Gasteiger partial charge in [0.1, 0.15) is 24.1 Å². The van der Waals surface area contributed by atoms with Gasteiger partial charge in [0.05, 0.1) is 34.1 Å². The number of aromatic nitrogens is 1. The Morgan fingerprint density at radius 1 is 1.05 bits per heavy atom. The largest absolute Gasteiger partial charge is 0.491 e. The average Bonchev–Trinajstić information content (AvgIpc) is 3.30. The van der Waals surface area contributed by atoms with E-state index < -0.39 is 18.0 Å². The van der Waals surface area contributed by atoms with Gasteiger partial charge in [0, 0.05) is 5.56 Å². The molecule has 0 amide bonds. The number of carbonyl (C=O) groups excluding carboxylic acids is 1. The van der Waals surface area contributed by atoms with Crippen molar-refractivity contribution in [1.29, 1.82) is 0 Å². The summed E-state index contributed by atoms with van der Waals surface area (Å²) in [6, 6.07) is 20.4. The Bertz CT molecular complexity index is 1900. The summed E-state index contributed by atoms with van der Waals surface area (Å²) in [6.07, 6.45) is 1.67. The maximum absolute atomic E-state index is 14.0.